The molecule has 0 bridgehead atoms. The maximum Gasteiger partial charge on any atom is 0.344 e. The number of carbonyl (C=O) groups excluding carboxylic acids is 1. The Morgan fingerprint density at radius 2 is 1.81 bits per heavy atom. The van der Waals surface area contributed by atoms with Gasteiger partial charge in [0.1, 0.15) is 11.5 Å². The van der Waals surface area contributed by atoms with Crippen LogP contribution in [0.1, 0.15) is 37.8 Å². The lowest BCUT2D eigenvalue weighted by Crippen LogP contribution is -2.19. The van der Waals surface area contributed by atoms with E-state index in [1.165, 1.54) is 5.56 Å². The summed E-state index contributed by atoms with van der Waals surface area (Å²) in [5.41, 5.74) is 4.28. The smallest absolute Gasteiger partial charge is 0.344 e. The molecule has 0 aliphatic heterocycles. The van der Waals surface area contributed by atoms with Crippen molar-refractivity contribution < 1.29 is 19.0 Å². The topological polar surface area (TPSA) is 57.1 Å². The van der Waals surface area contributed by atoms with Gasteiger partial charge in [-0.2, -0.15) is 0 Å². The van der Waals surface area contributed by atoms with Gasteiger partial charge in [-0.3, -0.25) is 4.99 Å². The highest BCUT2D eigenvalue weighted by atomic mass is 16.6. The van der Waals surface area contributed by atoms with Crippen LogP contribution in [0.4, 0.5) is 5.69 Å². The van der Waals surface area contributed by atoms with Gasteiger partial charge < -0.3 is 14.2 Å². The Morgan fingerprint density at radius 1 is 1.07 bits per heavy atom. The quantitative estimate of drug-likeness (QED) is 0.706. The maximum absolute atomic E-state index is 11.7. The van der Waals surface area contributed by atoms with Crippen LogP contribution in [0.15, 0.2) is 47.5 Å². The van der Waals surface area contributed by atoms with Crippen molar-refractivity contribution in [3.63, 3.8) is 0 Å². The Labute approximate surface area is 160 Å². The summed E-state index contributed by atoms with van der Waals surface area (Å²) in [4.78, 5) is 16.5. The first-order chi connectivity index (χ1) is 13.0. The van der Waals surface area contributed by atoms with Gasteiger partial charge in [0, 0.05) is 11.3 Å². The molecule has 1 aliphatic rings. The Hall–Kier alpha value is -2.82. The molecule has 0 saturated heterocycles. The van der Waals surface area contributed by atoms with Crippen LogP contribution in [-0.2, 0) is 16.0 Å². The largest absolute Gasteiger partial charge is 0.497 e. The first-order valence-electron chi connectivity index (χ1n) is 9.22. The third-order valence-electron chi connectivity index (χ3n) is 4.31. The van der Waals surface area contributed by atoms with E-state index in [1.807, 2.05) is 50.2 Å². The molecule has 142 valence electrons. The first kappa shape index (κ1) is 19.0. The second-order valence-corrected chi connectivity index (χ2v) is 6.76. The summed E-state index contributed by atoms with van der Waals surface area (Å²) in [6, 6.07) is 13.6. The van der Waals surface area contributed by atoms with Crippen molar-refractivity contribution in [2.24, 2.45) is 4.99 Å². The molecular formula is C22H25NO4. The second kappa shape index (κ2) is 8.71. The molecule has 1 aliphatic carbocycles. The summed E-state index contributed by atoms with van der Waals surface area (Å²) in [6.45, 7) is 3.54. The summed E-state index contributed by atoms with van der Waals surface area (Å²) in [6.07, 6.45) is 2.86. The third kappa shape index (κ3) is 5.09. The predicted molar refractivity (Wildman–Crippen MR) is 105 cm³/mol. The molecule has 0 fully saturated rings. The van der Waals surface area contributed by atoms with E-state index in [0.29, 0.717) is 5.75 Å². The van der Waals surface area contributed by atoms with Crippen molar-refractivity contribution >= 4 is 17.4 Å². The molecule has 0 aromatic heterocycles. The fourth-order valence-corrected chi connectivity index (χ4v) is 3.08. The molecule has 2 aromatic rings. The van der Waals surface area contributed by atoms with Crippen LogP contribution in [0.2, 0.25) is 0 Å². The minimum absolute atomic E-state index is 0.0953. The van der Waals surface area contributed by atoms with Crippen LogP contribution >= 0.6 is 0 Å². The fraction of sp³-hybridized carbons (Fsp3) is 0.364. The highest BCUT2D eigenvalue weighted by molar-refractivity contribution is 6.04. The minimum Gasteiger partial charge on any atom is -0.497 e. The minimum atomic E-state index is -0.366. The molecule has 3 rings (SSSR count). The number of nitrogens with zero attached hydrogens (tertiary/aromatic N) is 1. The van der Waals surface area contributed by atoms with Crippen molar-refractivity contribution in [3.05, 3.63) is 53.6 Å². The van der Waals surface area contributed by atoms with Crippen LogP contribution in [-0.4, -0.2) is 31.5 Å². The zero-order valence-electron chi connectivity index (χ0n) is 16.0. The fourth-order valence-electron chi connectivity index (χ4n) is 3.08. The van der Waals surface area contributed by atoms with Crippen molar-refractivity contribution in [3.8, 4) is 11.5 Å². The van der Waals surface area contributed by atoms with Crippen molar-refractivity contribution in [2.45, 2.75) is 39.2 Å². The molecule has 0 heterocycles. The van der Waals surface area contributed by atoms with E-state index in [1.54, 1.807) is 7.11 Å². The molecular weight excluding hydrogens is 342 g/mol. The standard InChI is InChI=1S/C22H25NO4/c1-15(2)27-22(24)14-26-19-10-7-16-5-4-6-21(20(16)13-19)23-17-8-11-18(25-3)12-9-17/h7-13,15H,4-6,14H2,1-3H3. The van der Waals surface area contributed by atoms with E-state index in [9.17, 15) is 4.79 Å². The molecule has 0 spiro atoms. The van der Waals surface area contributed by atoms with E-state index in [-0.39, 0.29) is 18.7 Å². The first-order valence-corrected chi connectivity index (χ1v) is 9.22. The Morgan fingerprint density at radius 3 is 2.52 bits per heavy atom. The number of aliphatic imine (C=N–C) groups is 1. The summed E-state index contributed by atoms with van der Waals surface area (Å²) in [5.74, 6) is 1.10. The molecule has 0 N–H and O–H groups in total. The molecule has 0 unspecified atom stereocenters. The van der Waals surface area contributed by atoms with E-state index >= 15 is 0 Å². The van der Waals surface area contributed by atoms with Crippen LogP contribution in [0, 0.1) is 0 Å². The Bertz CT molecular complexity index is 825. The lowest BCUT2D eigenvalue weighted by atomic mass is 9.90. The van der Waals surface area contributed by atoms with Gasteiger partial charge in [-0.25, -0.2) is 4.79 Å². The molecule has 2 aromatic carbocycles. The average Bonchev–Trinajstić information content (AvgIpc) is 2.67. The Kier molecular flexibility index (Phi) is 6.12. The average molecular weight is 367 g/mol. The SMILES string of the molecule is COc1ccc(N=C2CCCc3ccc(OCC(=O)OC(C)C)cc32)cc1. The van der Waals surface area contributed by atoms with E-state index in [0.717, 1.165) is 42.0 Å². The molecule has 0 amide bonds. The van der Waals surface area contributed by atoms with Gasteiger partial charge in [-0.1, -0.05) is 6.07 Å². The third-order valence-corrected chi connectivity index (χ3v) is 4.31. The van der Waals surface area contributed by atoms with Crippen molar-refractivity contribution in [1.29, 1.82) is 0 Å². The number of fused-ring (bicyclic) bond motifs is 1. The molecule has 0 radical (unpaired) electrons. The number of methoxy groups -OCH3 is 1. The molecule has 0 saturated carbocycles. The van der Waals surface area contributed by atoms with Gasteiger partial charge in [0.2, 0.25) is 0 Å². The summed E-state index contributed by atoms with van der Waals surface area (Å²) < 4.78 is 15.9. The molecule has 0 atom stereocenters. The van der Waals surface area contributed by atoms with E-state index < -0.39 is 0 Å². The second-order valence-electron chi connectivity index (χ2n) is 6.76. The number of esters is 1. The summed E-state index contributed by atoms with van der Waals surface area (Å²) in [7, 11) is 1.65. The predicted octanol–water partition coefficient (Wildman–Crippen LogP) is 4.48. The number of rotatable bonds is 6. The normalized spacial score (nSPS) is 14.7. The number of hydrogen-bond acceptors (Lipinski definition) is 5. The highest BCUT2D eigenvalue weighted by Gasteiger charge is 2.17. The van der Waals surface area contributed by atoms with Gasteiger partial charge in [0.15, 0.2) is 6.61 Å². The van der Waals surface area contributed by atoms with Crippen molar-refractivity contribution in [1.82, 2.24) is 0 Å². The zero-order chi connectivity index (χ0) is 19.2. The number of carbonyl (C=O) groups is 1. The van der Waals surface area contributed by atoms with Gasteiger partial charge in [-0.05, 0) is 75.1 Å². The monoisotopic (exact) mass is 367 g/mol. The van der Waals surface area contributed by atoms with Gasteiger partial charge in [-0.15, -0.1) is 0 Å². The summed E-state index contributed by atoms with van der Waals surface area (Å²) in [5, 5.41) is 0. The van der Waals surface area contributed by atoms with Gasteiger partial charge in [0.05, 0.1) is 18.9 Å². The Balaban J connectivity index is 1.78. The lowest BCUT2D eigenvalue weighted by molar-refractivity contribution is -0.149. The van der Waals surface area contributed by atoms with Gasteiger partial charge >= 0.3 is 5.97 Å². The lowest BCUT2D eigenvalue weighted by Gasteiger charge is -2.19. The zero-order valence-corrected chi connectivity index (χ0v) is 16.0. The van der Waals surface area contributed by atoms with Crippen LogP contribution in [0.5, 0.6) is 11.5 Å². The molecule has 5 heteroatoms. The number of hydrogen-bond donors (Lipinski definition) is 0. The highest BCUT2D eigenvalue weighted by Crippen LogP contribution is 2.28. The van der Waals surface area contributed by atoms with Crippen LogP contribution in [0.25, 0.3) is 0 Å². The molecule has 5 nitrogen and oxygen atoms in total. The van der Waals surface area contributed by atoms with Crippen LogP contribution < -0.4 is 9.47 Å². The molecule has 27 heavy (non-hydrogen) atoms. The summed E-state index contributed by atoms with van der Waals surface area (Å²) >= 11 is 0. The van der Waals surface area contributed by atoms with E-state index in [2.05, 4.69) is 6.07 Å². The van der Waals surface area contributed by atoms with Crippen molar-refractivity contribution in [2.75, 3.05) is 13.7 Å². The van der Waals surface area contributed by atoms with Gasteiger partial charge in [0.25, 0.3) is 0 Å². The number of benzene rings is 2. The number of aryl methyl sites for hydroxylation is 1. The maximum atomic E-state index is 11.7. The number of ether oxygens (including phenoxy) is 3. The van der Waals surface area contributed by atoms with Crippen LogP contribution in [0.3, 0.4) is 0 Å². The van der Waals surface area contributed by atoms with E-state index in [4.69, 9.17) is 19.2 Å².